The number of carbonyl (C=O) groups is 1. The molecule has 1 N–H and O–H groups in total. The standard InChI is InChI=1S/C35H53N3O4/c1-35(42-34(39)36-33-18-12-11-17-32(33)29-15-9-8-10-16-29)21-25-37(26-22-35)23-13-6-4-5-7-14-24-38-30(27-40-2)19-20-31(38)28-41-3/h8-12,15-18,30-31H,4-7,13-14,19-28H2,1-3H3,(H,36,39)/t30-,31-/m0/s1. The van der Waals surface area contributed by atoms with Crippen LogP contribution in [0.1, 0.15) is 71.1 Å². The van der Waals surface area contributed by atoms with Crippen molar-refractivity contribution in [1.29, 1.82) is 0 Å². The Bertz CT molecular complexity index is 1040. The van der Waals surface area contributed by atoms with Crippen molar-refractivity contribution in [3.05, 3.63) is 54.6 Å². The van der Waals surface area contributed by atoms with Crippen molar-refractivity contribution in [2.24, 2.45) is 0 Å². The topological polar surface area (TPSA) is 63.3 Å². The van der Waals surface area contributed by atoms with Crippen molar-refractivity contribution >= 4 is 11.8 Å². The number of ether oxygens (including phenoxy) is 3. The van der Waals surface area contributed by atoms with Gasteiger partial charge in [0, 0.05) is 45.0 Å². The van der Waals surface area contributed by atoms with Crippen LogP contribution in [0.5, 0.6) is 0 Å². The van der Waals surface area contributed by atoms with Gasteiger partial charge in [0.15, 0.2) is 0 Å². The first-order valence-corrected chi connectivity index (χ1v) is 16.1. The zero-order valence-corrected chi connectivity index (χ0v) is 26.2. The number of rotatable bonds is 16. The third-order valence-electron chi connectivity index (χ3n) is 9.13. The number of hydrogen-bond donors (Lipinski definition) is 1. The van der Waals surface area contributed by atoms with E-state index in [1.165, 1.54) is 51.4 Å². The zero-order chi connectivity index (χ0) is 29.6. The van der Waals surface area contributed by atoms with Crippen LogP contribution in [0, 0.1) is 0 Å². The summed E-state index contributed by atoms with van der Waals surface area (Å²) >= 11 is 0. The highest BCUT2D eigenvalue weighted by Gasteiger charge is 2.34. The molecule has 0 bridgehead atoms. The highest BCUT2D eigenvalue weighted by molar-refractivity contribution is 5.91. The Morgan fingerprint density at radius 2 is 1.38 bits per heavy atom. The van der Waals surface area contributed by atoms with Crippen LogP contribution >= 0.6 is 0 Å². The molecule has 0 spiro atoms. The second kappa shape index (κ2) is 17.0. The molecule has 1 amide bonds. The Balaban J connectivity index is 1.08. The summed E-state index contributed by atoms with van der Waals surface area (Å²) in [5.74, 6) is 0. The molecule has 7 nitrogen and oxygen atoms in total. The third-order valence-corrected chi connectivity index (χ3v) is 9.13. The van der Waals surface area contributed by atoms with Crippen LogP contribution in [-0.4, -0.2) is 87.2 Å². The van der Waals surface area contributed by atoms with Gasteiger partial charge in [0.1, 0.15) is 5.60 Å². The van der Waals surface area contributed by atoms with E-state index in [1.54, 1.807) is 0 Å². The van der Waals surface area contributed by atoms with Gasteiger partial charge in [-0.2, -0.15) is 0 Å². The Morgan fingerprint density at radius 3 is 2.02 bits per heavy atom. The van der Waals surface area contributed by atoms with E-state index in [1.807, 2.05) is 56.7 Å². The molecule has 4 rings (SSSR count). The van der Waals surface area contributed by atoms with E-state index in [-0.39, 0.29) is 6.09 Å². The van der Waals surface area contributed by atoms with E-state index in [0.717, 1.165) is 69.0 Å². The average molecular weight is 580 g/mol. The van der Waals surface area contributed by atoms with Gasteiger partial charge in [-0.05, 0) is 70.2 Å². The Hall–Kier alpha value is -2.45. The number of piperidine rings is 1. The van der Waals surface area contributed by atoms with Gasteiger partial charge in [-0.3, -0.25) is 10.2 Å². The number of amides is 1. The van der Waals surface area contributed by atoms with Gasteiger partial charge in [-0.25, -0.2) is 4.79 Å². The molecular weight excluding hydrogens is 526 g/mol. The fraction of sp³-hybridized carbons (Fsp3) is 0.629. The fourth-order valence-corrected chi connectivity index (χ4v) is 6.63. The molecule has 7 heteroatoms. The first-order chi connectivity index (χ1) is 20.5. The molecule has 2 fully saturated rings. The maximum atomic E-state index is 12.9. The fourth-order valence-electron chi connectivity index (χ4n) is 6.63. The Morgan fingerprint density at radius 1 is 0.810 bits per heavy atom. The monoisotopic (exact) mass is 579 g/mol. The van der Waals surface area contributed by atoms with Crippen LogP contribution in [0.4, 0.5) is 10.5 Å². The van der Waals surface area contributed by atoms with Crippen LogP contribution in [0.3, 0.4) is 0 Å². The number of methoxy groups -OCH3 is 2. The SMILES string of the molecule is COC[C@@H]1CC[C@@H](COC)N1CCCCCCCCN1CCC(C)(OC(=O)Nc2ccccc2-c2ccccc2)CC1. The molecule has 42 heavy (non-hydrogen) atoms. The molecule has 0 saturated carbocycles. The van der Waals surface area contributed by atoms with E-state index >= 15 is 0 Å². The van der Waals surface area contributed by atoms with Gasteiger partial charge in [-0.1, -0.05) is 74.2 Å². The van der Waals surface area contributed by atoms with E-state index < -0.39 is 5.60 Å². The maximum Gasteiger partial charge on any atom is 0.412 e. The van der Waals surface area contributed by atoms with E-state index in [2.05, 4.69) is 34.2 Å². The van der Waals surface area contributed by atoms with Gasteiger partial charge in [0.05, 0.1) is 18.9 Å². The normalized spacial score (nSPS) is 20.9. The average Bonchev–Trinajstić information content (AvgIpc) is 3.37. The number of para-hydroxylation sites is 1. The molecule has 0 radical (unpaired) electrons. The van der Waals surface area contributed by atoms with Crippen LogP contribution in [0.2, 0.25) is 0 Å². The number of hydrogen-bond acceptors (Lipinski definition) is 6. The van der Waals surface area contributed by atoms with Crippen LogP contribution in [-0.2, 0) is 14.2 Å². The number of carbonyl (C=O) groups excluding carboxylic acids is 1. The second-order valence-corrected chi connectivity index (χ2v) is 12.4. The first-order valence-electron chi connectivity index (χ1n) is 16.1. The van der Waals surface area contributed by atoms with Crippen molar-refractivity contribution in [2.45, 2.75) is 88.8 Å². The molecule has 2 aromatic carbocycles. The lowest BCUT2D eigenvalue weighted by atomic mass is 9.93. The summed E-state index contributed by atoms with van der Waals surface area (Å²) in [6.07, 6.45) is 11.5. The first kappa shape index (κ1) is 32.5. The molecule has 0 aromatic heterocycles. The predicted molar refractivity (Wildman–Crippen MR) is 171 cm³/mol. The number of nitrogens with zero attached hydrogens (tertiary/aromatic N) is 2. The quantitative estimate of drug-likeness (QED) is 0.212. The van der Waals surface area contributed by atoms with E-state index in [9.17, 15) is 4.79 Å². The Kier molecular flexibility index (Phi) is 13.1. The summed E-state index contributed by atoms with van der Waals surface area (Å²) in [4.78, 5) is 18.0. The summed E-state index contributed by atoms with van der Waals surface area (Å²) in [6, 6.07) is 19.1. The largest absolute Gasteiger partial charge is 0.443 e. The predicted octanol–water partition coefficient (Wildman–Crippen LogP) is 7.22. The number of nitrogens with one attached hydrogen (secondary N) is 1. The minimum Gasteiger partial charge on any atom is -0.443 e. The van der Waals surface area contributed by atoms with Gasteiger partial charge in [-0.15, -0.1) is 0 Å². The van der Waals surface area contributed by atoms with Crippen LogP contribution in [0.25, 0.3) is 11.1 Å². The van der Waals surface area contributed by atoms with Crippen LogP contribution < -0.4 is 5.32 Å². The summed E-state index contributed by atoms with van der Waals surface area (Å²) < 4.78 is 16.9. The maximum absolute atomic E-state index is 12.9. The Labute approximate surface area is 253 Å². The van der Waals surface area contributed by atoms with E-state index in [4.69, 9.17) is 14.2 Å². The lowest BCUT2D eigenvalue weighted by Gasteiger charge is -2.38. The second-order valence-electron chi connectivity index (χ2n) is 12.4. The zero-order valence-electron chi connectivity index (χ0n) is 26.2. The third kappa shape index (κ3) is 9.80. The molecule has 0 unspecified atom stereocenters. The molecule has 2 saturated heterocycles. The van der Waals surface area contributed by atoms with Crippen LogP contribution in [0.15, 0.2) is 54.6 Å². The van der Waals surface area contributed by atoms with Crippen molar-refractivity contribution < 1.29 is 19.0 Å². The minimum atomic E-state index is -0.428. The van der Waals surface area contributed by atoms with Crippen molar-refractivity contribution in [3.63, 3.8) is 0 Å². The molecule has 2 aliphatic heterocycles. The smallest absolute Gasteiger partial charge is 0.412 e. The number of anilines is 1. The lowest BCUT2D eigenvalue weighted by Crippen LogP contribution is -2.46. The van der Waals surface area contributed by atoms with Gasteiger partial charge in [0.2, 0.25) is 0 Å². The summed E-state index contributed by atoms with van der Waals surface area (Å²) in [5, 5.41) is 3.00. The molecule has 2 atom stereocenters. The highest BCUT2D eigenvalue weighted by atomic mass is 16.6. The minimum absolute atomic E-state index is 0.373. The molecule has 2 aliphatic rings. The molecule has 2 heterocycles. The van der Waals surface area contributed by atoms with Crippen molar-refractivity contribution in [1.82, 2.24) is 9.80 Å². The van der Waals surface area contributed by atoms with Crippen molar-refractivity contribution in [2.75, 3.05) is 58.9 Å². The molecular formula is C35H53N3O4. The summed E-state index contributed by atoms with van der Waals surface area (Å²) in [5.41, 5.74) is 2.41. The van der Waals surface area contributed by atoms with Gasteiger partial charge >= 0.3 is 6.09 Å². The molecule has 2 aromatic rings. The van der Waals surface area contributed by atoms with Crippen molar-refractivity contribution in [3.8, 4) is 11.1 Å². The number of unbranched alkanes of at least 4 members (excludes halogenated alkanes) is 5. The lowest BCUT2D eigenvalue weighted by molar-refractivity contribution is -0.0163. The summed E-state index contributed by atoms with van der Waals surface area (Å²) in [6.45, 7) is 7.99. The summed E-state index contributed by atoms with van der Waals surface area (Å²) in [7, 11) is 3.62. The highest BCUT2D eigenvalue weighted by Crippen LogP contribution is 2.30. The van der Waals surface area contributed by atoms with Gasteiger partial charge < -0.3 is 19.1 Å². The van der Waals surface area contributed by atoms with Gasteiger partial charge in [0.25, 0.3) is 0 Å². The number of likely N-dealkylation sites (tertiary alicyclic amines) is 2. The van der Waals surface area contributed by atoms with E-state index in [0.29, 0.717) is 12.1 Å². The molecule has 0 aliphatic carbocycles. The number of benzene rings is 2. The molecule has 232 valence electrons.